The van der Waals surface area contributed by atoms with Crippen molar-refractivity contribution in [3.63, 3.8) is 0 Å². The van der Waals surface area contributed by atoms with E-state index < -0.39 is 0 Å². The highest BCUT2D eigenvalue weighted by atomic mass is 32.1. The van der Waals surface area contributed by atoms with Crippen LogP contribution in [0.1, 0.15) is 31.0 Å². The van der Waals surface area contributed by atoms with Gasteiger partial charge in [-0.25, -0.2) is 4.39 Å². The molecule has 0 spiro atoms. The molecule has 1 aliphatic heterocycles. The zero-order chi connectivity index (χ0) is 20.3. The first kappa shape index (κ1) is 19.8. The van der Waals surface area contributed by atoms with Crippen LogP contribution in [0.2, 0.25) is 0 Å². The molecule has 2 aromatic rings. The van der Waals surface area contributed by atoms with Crippen molar-refractivity contribution in [3.05, 3.63) is 70.7 Å². The van der Waals surface area contributed by atoms with Gasteiger partial charge in [0.1, 0.15) is 12.4 Å². The van der Waals surface area contributed by atoms with Crippen molar-refractivity contribution in [1.82, 2.24) is 10.6 Å². The summed E-state index contributed by atoms with van der Waals surface area (Å²) < 4.78 is 25.0. The molecule has 2 aromatic carbocycles. The van der Waals surface area contributed by atoms with Gasteiger partial charge in [-0.3, -0.25) is 4.79 Å². The Bertz CT molecular complexity index is 958. The van der Waals surface area contributed by atoms with Gasteiger partial charge in [-0.1, -0.05) is 24.3 Å². The van der Waals surface area contributed by atoms with E-state index in [1.165, 1.54) is 20.1 Å². The molecule has 1 heterocycles. The highest BCUT2D eigenvalue weighted by molar-refractivity contribution is 7.80. The standard InChI is InChI=1S/C21H21FN2O3S/c1-12-19(13(2)25)20(24-21(28)23-12)14-8-9-17(18(10-14)26-3)27-11-15-6-4-5-7-16(15)22/h4-10,20H,11H2,1-3H3,(H2,23,24,28). The van der Waals surface area contributed by atoms with Gasteiger partial charge < -0.3 is 20.1 Å². The van der Waals surface area contributed by atoms with Gasteiger partial charge in [-0.2, -0.15) is 0 Å². The van der Waals surface area contributed by atoms with Crippen LogP contribution in [0.15, 0.2) is 53.7 Å². The smallest absolute Gasteiger partial charge is 0.171 e. The Hall–Kier alpha value is -2.93. The largest absolute Gasteiger partial charge is 0.493 e. The zero-order valence-corrected chi connectivity index (χ0v) is 16.7. The first-order valence-corrected chi connectivity index (χ1v) is 9.15. The van der Waals surface area contributed by atoms with Gasteiger partial charge in [0.15, 0.2) is 22.4 Å². The summed E-state index contributed by atoms with van der Waals surface area (Å²) in [5, 5.41) is 6.56. The quantitative estimate of drug-likeness (QED) is 0.720. The predicted octanol–water partition coefficient (Wildman–Crippen LogP) is 3.80. The fourth-order valence-corrected chi connectivity index (χ4v) is 3.44. The Morgan fingerprint density at radius 2 is 1.96 bits per heavy atom. The molecule has 7 heteroatoms. The van der Waals surface area contributed by atoms with Gasteiger partial charge in [-0.15, -0.1) is 0 Å². The number of nitrogens with one attached hydrogen (secondary N) is 2. The molecule has 5 nitrogen and oxygen atoms in total. The lowest BCUT2D eigenvalue weighted by Gasteiger charge is -2.30. The minimum Gasteiger partial charge on any atom is -0.493 e. The third-order valence-electron chi connectivity index (χ3n) is 4.51. The Morgan fingerprint density at radius 3 is 2.64 bits per heavy atom. The number of allylic oxidation sites excluding steroid dienone is 1. The van der Waals surface area contributed by atoms with Crippen molar-refractivity contribution in [2.75, 3.05) is 7.11 Å². The van der Waals surface area contributed by atoms with E-state index in [1.54, 1.807) is 30.3 Å². The van der Waals surface area contributed by atoms with Crippen molar-refractivity contribution in [3.8, 4) is 11.5 Å². The number of methoxy groups -OCH3 is 1. The first-order valence-electron chi connectivity index (χ1n) is 8.74. The normalized spacial score (nSPS) is 16.3. The maximum absolute atomic E-state index is 13.8. The van der Waals surface area contributed by atoms with Crippen LogP contribution in [-0.2, 0) is 11.4 Å². The Kier molecular flexibility index (Phi) is 5.94. The van der Waals surface area contributed by atoms with Crippen LogP contribution >= 0.6 is 12.2 Å². The summed E-state index contributed by atoms with van der Waals surface area (Å²) >= 11 is 5.24. The van der Waals surface area contributed by atoms with Crippen molar-refractivity contribution in [2.24, 2.45) is 0 Å². The third-order valence-corrected chi connectivity index (χ3v) is 4.73. The molecular formula is C21H21FN2O3S. The van der Waals surface area contributed by atoms with Crippen molar-refractivity contribution < 1.29 is 18.7 Å². The summed E-state index contributed by atoms with van der Waals surface area (Å²) in [5.74, 6) is 0.595. The molecule has 0 fully saturated rings. The third kappa shape index (κ3) is 4.14. The number of thiocarbonyl (C=S) groups is 1. The van der Waals surface area contributed by atoms with E-state index in [0.717, 1.165) is 11.3 Å². The molecule has 0 saturated heterocycles. The Balaban J connectivity index is 1.88. The van der Waals surface area contributed by atoms with E-state index in [4.69, 9.17) is 21.7 Å². The van der Waals surface area contributed by atoms with E-state index in [2.05, 4.69) is 10.6 Å². The molecular weight excluding hydrogens is 379 g/mol. The number of hydrogen-bond acceptors (Lipinski definition) is 4. The minimum absolute atomic E-state index is 0.0520. The van der Waals surface area contributed by atoms with Crippen LogP contribution in [-0.4, -0.2) is 18.0 Å². The highest BCUT2D eigenvalue weighted by Crippen LogP contribution is 2.34. The molecule has 1 atom stereocenters. The highest BCUT2D eigenvalue weighted by Gasteiger charge is 2.28. The first-order chi connectivity index (χ1) is 13.4. The van der Waals surface area contributed by atoms with E-state index in [9.17, 15) is 9.18 Å². The van der Waals surface area contributed by atoms with E-state index >= 15 is 0 Å². The Labute approximate surface area is 168 Å². The van der Waals surface area contributed by atoms with Gasteiger partial charge in [0.05, 0.1) is 13.2 Å². The van der Waals surface area contributed by atoms with Crippen molar-refractivity contribution in [2.45, 2.75) is 26.5 Å². The average Bonchev–Trinajstić information content (AvgIpc) is 2.66. The number of carbonyl (C=O) groups is 1. The lowest BCUT2D eigenvalue weighted by molar-refractivity contribution is -0.114. The second-order valence-electron chi connectivity index (χ2n) is 6.42. The molecule has 0 bridgehead atoms. The van der Waals surface area contributed by atoms with Gasteiger partial charge in [0, 0.05) is 16.8 Å². The monoisotopic (exact) mass is 400 g/mol. The molecule has 0 aromatic heterocycles. The fourth-order valence-electron chi connectivity index (χ4n) is 3.16. The topological polar surface area (TPSA) is 59.6 Å². The van der Waals surface area contributed by atoms with E-state index in [0.29, 0.717) is 27.7 Å². The lowest BCUT2D eigenvalue weighted by atomic mass is 9.93. The van der Waals surface area contributed by atoms with Gasteiger partial charge in [0.25, 0.3) is 0 Å². The molecule has 3 rings (SSSR count). The van der Waals surface area contributed by atoms with Gasteiger partial charge >= 0.3 is 0 Å². The zero-order valence-electron chi connectivity index (χ0n) is 15.8. The number of Topliss-reactive ketones (excluding diaryl/α,β-unsaturated/α-hetero) is 1. The molecule has 28 heavy (non-hydrogen) atoms. The van der Waals surface area contributed by atoms with Crippen LogP contribution in [0.4, 0.5) is 4.39 Å². The summed E-state index contributed by atoms with van der Waals surface area (Å²) in [6.45, 7) is 3.42. The maximum atomic E-state index is 13.8. The number of ether oxygens (including phenoxy) is 2. The lowest BCUT2D eigenvalue weighted by Crippen LogP contribution is -2.44. The second-order valence-corrected chi connectivity index (χ2v) is 6.82. The van der Waals surface area contributed by atoms with Crippen LogP contribution < -0.4 is 20.1 Å². The number of carbonyl (C=O) groups excluding carboxylic acids is 1. The van der Waals surface area contributed by atoms with Crippen molar-refractivity contribution >= 4 is 23.1 Å². The van der Waals surface area contributed by atoms with Gasteiger partial charge in [-0.05, 0) is 49.8 Å². The summed E-state index contributed by atoms with van der Waals surface area (Å²) in [7, 11) is 1.53. The SMILES string of the molecule is COc1cc(C2NC(=S)NC(C)=C2C(C)=O)ccc1OCc1ccccc1F. The Morgan fingerprint density at radius 1 is 1.21 bits per heavy atom. The van der Waals surface area contributed by atoms with E-state index in [-0.39, 0.29) is 24.2 Å². The number of benzene rings is 2. The molecule has 1 unspecified atom stereocenters. The average molecular weight is 400 g/mol. The van der Waals surface area contributed by atoms with Crippen LogP contribution in [0, 0.1) is 5.82 Å². The maximum Gasteiger partial charge on any atom is 0.171 e. The predicted molar refractivity (Wildman–Crippen MR) is 109 cm³/mol. The number of rotatable bonds is 6. The minimum atomic E-state index is -0.388. The molecule has 0 radical (unpaired) electrons. The molecule has 0 amide bonds. The van der Waals surface area contributed by atoms with E-state index in [1.807, 2.05) is 13.0 Å². The molecule has 0 saturated carbocycles. The summed E-state index contributed by atoms with van der Waals surface area (Å²) in [4.78, 5) is 12.1. The summed E-state index contributed by atoms with van der Waals surface area (Å²) in [6, 6.07) is 11.4. The number of hydrogen-bond donors (Lipinski definition) is 2. The summed E-state index contributed by atoms with van der Waals surface area (Å²) in [5.41, 5.74) is 2.59. The fraction of sp³-hybridized carbons (Fsp3) is 0.238. The number of halogens is 1. The molecule has 2 N–H and O–H groups in total. The van der Waals surface area contributed by atoms with Crippen LogP contribution in [0.25, 0.3) is 0 Å². The second kappa shape index (κ2) is 8.39. The van der Waals surface area contributed by atoms with Crippen LogP contribution in [0.3, 0.4) is 0 Å². The molecule has 146 valence electrons. The van der Waals surface area contributed by atoms with Crippen LogP contribution in [0.5, 0.6) is 11.5 Å². The molecule has 0 aliphatic carbocycles. The van der Waals surface area contributed by atoms with Crippen molar-refractivity contribution in [1.29, 1.82) is 0 Å². The molecule has 1 aliphatic rings. The summed E-state index contributed by atoms with van der Waals surface area (Å²) in [6.07, 6.45) is 0. The van der Waals surface area contributed by atoms with Gasteiger partial charge in [0.2, 0.25) is 0 Å². The number of ketones is 1.